The lowest BCUT2D eigenvalue weighted by molar-refractivity contribution is 0.955. The van der Waals surface area contributed by atoms with Crippen LogP contribution < -0.4 is 0 Å². The Hall–Kier alpha value is -5.43. The van der Waals surface area contributed by atoms with Crippen molar-refractivity contribution < 1.29 is 13.7 Å². The van der Waals surface area contributed by atoms with E-state index in [-0.39, 0.29) is 79.0 Å². The molecule has 0 radical (unpaired) electrons. The molecule has 0 atom stereocenters. The van der Waals surface area contributed by atoms with E-state index in [1.807, 2.05) is 60.7 Å². The summed E-state index contributed by atoms with van der Waals surface area (Å²) in [5, 5.41) is 2.45. The van der Waals surface area contributed by atoms with Crippen LogP contribution in [-0.2, 0) is 0 Å². The van der Waals surface area contributed by atoms with Gasteiger partial charge in [-0.05, 0) is 24.2 Å². The van der Waals surface area contributed by atoms with Gasteiger partial charge in [0, 0.05) is 57.5 Å². The molecule has 4 heterocycles. The Kier molecular flexibility index (Phi) is 3.64. The molecule has 0 N–H and O–H groups in total. The minimum absolute atomic E-state index is 0.00618. The van der Waals surface area contributed by atoms with Crippen molar-refractivity contribution in [3.8, 4) is 28.7 Å². The molecule has 6 heteroatoms. The molecule has 4 nitrogen and oxygen atoms in total. The molecule has 0 bridgehead atoms. The Morgan fingerprint density at radius 1 is 0.511 bits per heavy atom. The number of para-hydroxylation sites is 1. The summed E-state index contributed by atoms with van der Waals surface area (Å²) in [6.45, 7) is 0. The number of hydrogen-bond donors (Lipinski definition) is 0. The fourth-order valence-corrected chi connectivity index (χ4v) is 8.19. The van der Waals surface area contributed by atoms with Crippen LogP contribution in [-0.4, -0.2) is 19.5 Å². The zero-order chi connectivity index (χ0) is 38.2. The highest BCUT2D eigenvalue weighted by Gasteiger charge is 2.21. The first kappa shape index (κ1) is 17.2. The summed E-state index contributed by atoms with van der Waals surface area (Å²) >= 11 is 2.64. The van der Waals surface area contributed by atoms with Gasteiger partial charge in [0.15, 0.2) is 11.6 Å². The maximum atomic E-state index is 9.34. The second-order valence-corrected chi connectivity index (χ2v) is 12.6. The average molecular weight is 621 g/mol. The van der Waals surface area contributed by atoms with Gasteiger partial charge in [-0.25, -0.2) is 4.98 Å². The number of rotatable bonds is 3. The van der Waals surface area contributed by atoms with Crippen molar-refractivity contribution in [3.05, 3.63) is 133 Å². The summed E-state index contributed by atoms with van der Waals surface area (Å²) in [4.78, 5) is 14.8. The molecule has 210 valence electrons. The van der Waals surface area contributed by atoms with Crippen LogP contribution in [0.2, 0.25) is 0 Å². The molecule has 0 amide bonds. The maximum absolute atomic E-state index is 9.34. The molecule has 0 aliphatic heterocycles. The SMILES string of the molecule is [2H]c1c([2H])c([2H])c2c(sc3c2c([2H])c([2H])c2c4c([2H])c([2H])c([2H])c([2H])c4n(-c4nc(-c5ccccc5)nc(-c5ccc6c(c5)sc5ccccc56)n4)c32)c1[2H]. The number of thiophene rings is 2. The van der Waals surface area contributed by atoms with Gasteiger partial charge in [0.1, 0.15) is 0 Å². The largest absolute Gasteiger partial charge is 0.276 e. The van der Waals surface area contributed by atoms with Gasteiger partial charge < -0.3 is 0 Å². The first-order chi connectivity index (χ1) is 26.5. The van der Waals surface area contributed by atoms with E-state index in [2.05, 4.69) is 12.1 Å². The highest BCUT2D eigenvalue weighted by molar-refractivity contribution is 7.26. The van der Waals surface area contributed by atoms with Gasteiger partial charge in [-0.1, -0.05) is 109 Å². The molecule has 0 aliphatic carbocycles. The van der Waals surface area contributed by atoms with E-state index in [0.29, 0.717) is 15.8 Å². The Labute approximate surface area is 279 Å². The monoisotopic (exact) mass is 620 g/mol. The Balaban J connectivity index is 1.40. The van der Waals surface area contributed by atoms with E-state index in [4.69, 9.17) is 24.5 Å². The normalized spacial score (nSPS) is 15.1. The van der Waals surface area contributed by atoms with E-state index in [9.17, 15) is 4.11 Å². The van der Waals surface area contributed by atoms with E-state index in [0.717, 1.165) is 31.5 Å². The van der Waals surface area contributed by atoms with Crippen molar-refractivity contribution in [2.24, 2.45) is 0 Å². The smallest absolute Gasteiger partial charge is 0.238 e. The van der Waals surface area contributed by atoms with Gasteiger partial charge in [0.2, 0.25) is 5.95 Å². The number of nitrogens with zero attached hydrogens (tertiary/aromatic N) is 4. The van der Waals surface area contributed by atoms with Crippen LogP contribution in [0, 0.1) is 0 Å². The zero-order valence-electron chi connectivity index (χ0n) is 33.0. The summed E-state index contributed by atoms with van der Waals surface area (Å²) < 4.78 is 92.5. The Morgan fingerprint density at radius 2 is 1.24 bits per heavy atom. The molecule has 0 saturated carbocycles. The summed E-state index contributed by atoms with van der Waals surface area (Å²) in [6.07, 6.45) is 0. The minimum Gasteiger partial charge on any atom is -0.276 e. The topological polar surface area (TPSA) is 43.6 Å². The fraction of sp³-hybridized carbons (Fsp3) is 0. The highest BCUT2D eigenvalue weighted by Crippen LogP contribution is 2.43. The van der Waals surface area contributed by atoms with Gasteiger partial charge >= 0.3 is 0 Å². The third-order valence-corrected chi connectivity index (χ3v) is 10.2. The van der Waals surface area contributed by atoms with Gasteiger partial charge in [-0.3, -0.25) is 4.57 Å². The zero-order valence-corrected chi connectivity index (χ0v) is 24.7. The van der Waals surface area contributed by atoms with Gasteiger partial charge in [-0.2, -0.15) is 9.97 Å². The lowest BCUT2D eigenvalue weighted by Crippen LogP contribution is -2.06. The van der Waals surface area contributed by atoms with E-state index in [1.54, 1.807) is 11.3 Å². The van der Waals surface area contributed by atoms with Crippen molar-refractivity contribution >= 4 is 84.8 Å². The van der Waals surface area contributed by atoms with E-state index in [1.165, 1.54) is 4.57 Å². The first-order valence-electron chi connectivity index (χ1n) is 19.1. The van der Waals surface area contributed by atoms with Crippen molar-refractivity contribution in [1.82, 2.24) is 19.5 Å². The fourth-order valence-electron chi connectivity index (χ4n) is 5.94. The Bertz CT molecular complexity index is 3340. The number of aromatic nitrogens is 4. The van der Waals surface area contributed by atoms with Crippen LogP contribution in [0.15, 0.2) is 133 Å². The first-order valence-corrected chi connectivity index (χ1v) is 15.7. The summed E-state index contributed by atoms with van der Waals surface area (Å²) in [5.74, 6) is 0.554. The molecular formula is C39H22N4S2. The molecule has 0 spiro atoms. The molecule has 10 rings (SSSR count). The standard InChI is InChI=1S/C39H22N4S2/c1-2-10-23(11-3-1)37-40-38(24-18-19-28-26-13-5-8-16-32(26)44-34(28)22-24)42-39(41-37)43-31-15-7-4-12-25(31)29-20-21-30-27-14-6-9-17-33(27)45-36(30)35(29)43/h1-22H/i4D,6D,7D,9D,12D,14D,15D,17D,20D,21D. The number of fused-ring (bicyclic) bond motifs is 10. The molecule has 0 unspecified atom stereocenters. The van der Waals surface area contributed by atoms with Gasteiger partial charge in [0.05, 0.1) is 29.4 Å². The predicted molar refractivity (Wildman–Crippen MR) is 191 cm³/mol. The molecule has 6 aromatic carbocycles. The van der Waals surface area contributed by atoms with Crippen LogP contribution in [0.5, 0.6) is 0 Å². The molecule has 10 aromatic rings. The summed E-state index contributed by atoms with van der Waals surface area (Å²) in [7, 11) is 0. The van der Waals surface area contributed by atoms with Crippen molar-refractivity contribution in [2.75, 3.05) is 0 Å². The molecular weight excluding hydrogens is 589 g/mol. The quantitative estimate of drug-likeness (QED) is 0.197. The second kappa shape index (κ2) is 9.53. The highest BCUT2D eigenvalue weighted by atomic mass is 32.1. The van der Waals surface area contributed by atoms with Gasteiger partial charge in [-0.15, -0.1) is 22.7 Å². The van der Waals surface area contributed by atoms with Crippen LogP contribution in [0.3, 0.4) is 0 Å². The van der Waals surface area contributed by atoms with Gasteiger partial charge in [0.25, 0.3) is 0 Å². The summed E-state index contributed by atoms with van der Waals surface area (Å²) in [6, 6.07) is 19.2. The molecule has 0 saturated heterocycles. The minimum atomic E-state index is -0.517. The van der Waals surface area contributed by atoms with Crippen molar-refractivity contribution in [1.29, 1.82) is 0 Å². The third-order valence-electron chi connectivity index (χ3n) is 7.96. The van der Waals surface area contributed by atoms with Crippen molar-refractivity contribution in [3.63, 3.8) is 0 Å². The van der Waals surface area contributed by atoms with E-state index >= 15 is 0 Å². The Morgan fingerprint density at radius 3 is 2.16 bits per heavy atom. The van der Waals surface area contributed by atoms with Crippen LogP contribution in [0.4, 0.5) is 0 Å². The van der Waals surface area contributed by atoms with Crippen LogP contribution in [0.1, 0.15) is 13.7 Å². The number of benzene rings is 6. The third kappa shape index (κ3) is 3.73. The molecule has 4 aromatic heterocycles. The van der Waals surface area contributed by atoms with Crippen LogP contribution >= 0.6 is 22.7 Å². The van der Waals surface area contributed by atoms with Crippen LogP contribution in [0.25, 0.3) is 90.9 Å². The lowest BCUT2D eigenvalue weighted by Gasteiger charge is -2.11. The van der Waals surface area contributed by atoms with E-state index < -0.39 is 36.3 Å². The lowest BCUT2D eigenvalue weighted by atomic mass is 10.1. The van der Waals surface area contributed by atoms with Crippen molar-refractivity contribution in [2.45, 2.75) is 0 Å². The predicted octanol–water partition coefficient (Wildman–Crippen LogP) is 11.0. The molecule has 0 fully saturated rings. The number of hydrogen-bond acceptors (Lipinski definition) is 5. The maximum Gasteiger partial charge on any atom is 0.238 e. The molecule has 0 aliphatic rings. The second-order valence-electron chi connectivity index (χ2n) is 10.5. The summed E-state index contributed by atoms with van der Waals surface area (Å²) in [5.41, 5.74) is 1.50. The average Bonchev–Trinajstić information content (AvgIpc) is 3.90. The molecule has 45 heavy (non-hydrogen) atoms.